The van der Waals surface area contributed by atoms with Crippen molar-refractivity contribution in [2.75, 3.05) is 35.5 Å². The summed E-state index contributed by atoms with van der Waals surface area (Å²) in [5.74, 6) is 2.70. The summed E-state index contributed by atoms with van der Waals surface area (Å²) in [7, 11) is 7.83. The monoisotopic (exact) mass is 462 g/mol. The van der Waals surface area contributed by atoms with Crippen molar-refractivity contribution in [2.45, 2.75) is 6.92 Å². The van der Waals surface area contributed by atoms with Gasteiger partial charge in [-0.3, -0.25) is 0 Å². The van der Waals surface area contributed by atoms with E-state index < -0.39 is 0 Å². The Kier molecular flexibility index (Phi) is 5.98. The lowest BCUT2D eigenvalue weighted by Crippen LogP contribution is -1.99. The van der Waals surface area contributed by atoms with E-state index in [1.165, 1.54) is 0 Å². The van der Waals surface area contributed by atoms with Crippen LogP contribution < -0.4 is 23.7 Å². The number of hydrogen-bond donors (Lipinski definition) is 1. The highest BCUT2D eigenvalue weighted by Gasteiger charge is 2.25. The van der Waals surface area contributed by atoms with Crippen molar-refractivity contribution in [3.63, 3.8) is 0 Å². The SMILES string of the molecule is COc1ccc(-c2c(C)c(Br)c(O)c3cc(OC)c(OC)c(OC)c23)cc1OC. The average molecular weight is 463 g/mol. The van der Waals surface area contributed by atoms with Gasteiger partial charge in [-0.15, -0.1) is 0 Å². The standard InChI is InChI=1S/C22H23BrO6/c1-11-17(12-7-8-14(25-2)15(9-12)26-3)18-13(20(24)19(11)23)10-16(27-4)21(28-5)22(18)29-6/h7-10,24H,1-6H3. The number of aromatic hydroxyl groups is 1. The maximum Gasteiger partial charge on any atom is 0.203 e. The van der Waals surface area contributed by atoms with Crippen molar-refractivity contribution in [1.29, 1.82) is 0 Å². The fourth-order valence-electron chi connectivity index (χ4n) is 3.54. The van der Waals surface area contributed by atoms with Crippen LogP contribution in [0.15, 0.2) is 28.7 Å². The predicted molar refractivity (Wildman–Crippen MR) is 116 cm³/mol. The Labute approximate surface area is 178 Å². The van der Waals surface area contributed by atoms with E-state index in [9.17, 15) is 5.11 Å². The topological polar surface area (TPSA) is 66.4 Å². The Morgan fingerprint density at radius 3 is 1.93 bits per heavy atom. The third-order valence-electron chi connectivity index (χ3n) is 4.92. The molecule has 6 nitrogen and oxygen atoms in total. The second-order valence-electron chi connectivity index (χ2n) is 6.30. The van der Waals surface area contributed by atoms with E-state index in [1.54, 1.807) is 41.6 Å². The molecule has 0 aliphatic carbocycles. The number of benzene rings is 3. The van der Waals surface area contributed by atoms with Gasteiger partial charge in [-0.1, -0.05) is 6.07 Å². The highest BCUT2D eigenvalue weighted by Crippen LogP contribution is 2.53. The van der Waals surface area contributed by atoms with Crippen LogP contribution in [0, 0.1) is 6.92 Å². The van der Waals surface area contributed by atoms with Crippen LogP contribution in [-0.4, -0.2) is 40.7 Å². The third-order valence-corrected chi connectivity index (χ3v) is 5.89. The molecule has 1 N–H and O–H groups in total. The molecule has 0 heterocycles. The Hall–Kier alpha value is -2.80. The number of fused-ring (bicyclic) bond motifs is 1. The van der Waals surface area contributed by atoms with E-state index in [2.05, 4.69) is 15.9 Å². The van der Waals surface area contributed by atoms with Crippen molar-refractivity contribution in [3.05, 3.63) is 34.3 Å². The van der Waals surface area contributed by atoms with Gasteiger partial charge >= 0.3 is 0 Å². The van der Waals surface area contributed by atoms with Crippen LogP contribution in [0.5, 0.6) is 34.5 Å². The minimum absolute atomic E-state index is 0.0981. The van der Waals surface area contributed by atoms with E-state index in [1.807, 2.05) is 25.1 Å². The predicted octanol–water partition coefficient (Wildman–Crippen LogP) is 5.33. The van der Waals surface area contributed by atoms with E-state index in [4.69, 9.17) is 23.7 Å². The van der Waals surface area contributed by atoms with Gasteiger partial charge in [-0.2, -0.15) is 0 Å². The van der Waals surface area contributed by atoms with E-state index in [0.717, 1.165) is 16.7 Å². The lowest BCUT2D eigenvalue weighted by molar-refractivity contribution is 0.327. The first-order chi connectivity index (χ1) is 13.9. The van der Waals surface area contributed by atoms with Crippen molar-refractivity contribution < 1.29 is 28.8 Å². The van der Waals surface area contributed by atoms with Gasteiger partial charge in [-0.25, -0.2) is 0 Å². The molecule has 0 fully saturated rings. The first-order valence-corrected chi connectivity index (χ1v) is 9.58. The minimum Gasteiger partial charge on any atom is -0.506 e. The first kappa shape index (κ1) is 20.9. The molecule has 0 spiro atoms. The van der Waals surface area contributed by atoms with Crippen LogP contribution in [0.3, 0.4) is 0 Å². The second kappa shape index (κ2) is 8.29. The van der Waals surface area contributed by atoms with Gasteiger partial charge in [0.15, 0.2) is 23.0 Å². The van der Waals surface area contributed by atoms with Crippen molar-refractivity contribution in [1.82, 2.24) is 0 Å². The van der Waals surface area contributed by atoms with Gasteiger partial charge in [-0.05, 0) is 57.7 Å². The molecule has 7 heteroatoms. The number of hydrogen-bond acceptors (Lipinski definition) is 6. The summed E-state index contributed by atoms with van der Waals surface area (Å²) in [6.45, 7) is 1.92. The summed E-state index contributed by atoms with van der Waals surface area (Å²) in [6.07, 6.45) is 0. The molecule has 3 rings (SSSR count). The normalized spacial score (nSPS) is 10.7. The van der Waals surface area contributed by atoms with E-state index >= 15 is 0 Å². The molecule has 0 saturated heterocycles. The number of methoxy groups -OCH3 is 5. The quantitative estimate of drug-likeness (QED) is 0.534. The van der Waals surface area contributed by atoms with Crippen LogP contribution in [0.2, 0.25) is 0 Å². The molecule has 0 radical (unpaired) electrons. The molecule has 0 aliphatic rings. The molecule has 29 heavy (non-hydrogen) atoms. The number of ether oxygens (including phenoxy) is 5. The number of rotatable bonds is 6. The molecule has 0 unspecified atom stereocenters. The fraction of sp³-hybridized carbons (Fsp3) is 0.273. The zero-order chi connectivity index (χ0) is 21.3. The van der Waals surface area contributed by atoms with Gasteiger partial charge in [0.05, 0.1) is 40.0 Å². The first-order valence-electron chi connectivity index (χ1n) is 8.79. The summed E-state index contributed by atoms with van der Waals surface area (Å²) in [5.41, 5.74) is 2.58. The van der Waals surface area contributed by atoms with Crippen LogP contribution in [-0.2, 0) is 0 Å². The van der Waals surface area contributed by atoms with Crippen LogP contribution >= 0.6 is 15.9 Å². The summed E-state index contributed by atoms with van der Waals surface area (Å²) >= 11 is 3.52. The summed E-state index contributed by atoms with van der Waals surface area (Å²) in [6, 6.07) is 7.40. The molecule has 3 aromatic rings. The zero-order valence-corrected chi connectivity index (χ0v) is 18.8. The Bertz CT molecular complexity index is 1080. The average Bonchev–Trinajstić information content (AvgIpc) is 2.76. The van der Waals surface area contributed by atoms with Gasteiger partial charge in [0.2, 0.25) is 5.75 Å². The molecule has 0 aliphatic heterocycles. The Morgan fingerprint density at radius 1 is 0.759 bits per heavy atom. The van der Waals surface area contributed by atoms with Gasteiger partial charge in [0.25, 0.3) is 0 Å². The maximum atomic E-state index is 10.9. The van der Waals surface area contributed by atoms with Crippen molar-refractivity contribution in [3.8, 4) is 45.6 Å². The van der Waals surface area contributed by atoms with Crippen molar-refractivity contribution in [2.24, 2.45) is 0 Å². The lowest BCUT2D eigenvalue weighted by Gasteiger charge is -2.21. The highest BCUT2D eigenvalue weighted by molar-refractivity contribution is 9.10. The molecular weight excluding hydrogens is 440 g/mol. The Balaban J connectivity index is 2.53. The van der Waals surface area contributed by atoms with E-state index in [-0.39, 0.29) is 5.75 Å². The number of phenolic OH excluding ortho intramolecular Hbond substituents is 1. The Morgan fingerprint density at radius 2 is 1.38 bits per heavy atom. The number of phenols is 1. The molecule has 3 aromatic carbocycles. The largest absolute Gasteiger partial charge is 0.506 e. The molecular formula is C22H23BrO6. The molecule has 0 bridgehead atoms. The van der Waals surface area contributed by atoms with E-state index in [0.29, 0.717) is 44.0 Å². The molecule has 0 atom stereocenters. The molecule has 0 saturated carbocycles. The van der Waals surface area contributed by atoms with Gasteiger partial charge in [0, 0.05) is 10.8 Å². The molecule has 0 amide bonds. The summed E-state index contributed by atoms with van der Waals surface area (Å²) in [5, 5.41) is 12.1. The molecule has 154 valence electrons. The lowest BCUT2D eigenvalue weighted by atomic mass is 9.92. The van der Waals surface area contributed by atoms with Crippen molar-refractivity contribution >= 4 is 26.7 Å². The zero-order valence-electron chi connectivity index (χ0n) is 17.2. The van der Waals surface area contributed by atoms with Crippen LogP contribution in [0.1, 0.15) is 5.56 Å². The summed E-state index contributed by atoms with van der Waals surface area (Å²) in [4.78, 5) is 0. The fourth-order valence-corrected chi connectivity index (χ4v) is 3.95. The van der Waals surface area contributed by atoms with Crippen LogP contribution in [0.4, 0.5) is 0 Å². The second-order valence-corrected chi connectivity index (χ2v) is 7.09. The third kappa shape index (κ3) is 3.29. The minimum atomic E-state index is 0.0981. The van der Waals surface area contributed by atoms with Gasteiger partial charge < -0.3 is 28.8 Å². The maximum absolute atomic E-state index is 10.9. The molecule has 0 aromatic heterocycles. The highest BCUT2D eigenvalue weighted by atomic mass is 79.9. The number of halogens is 1. The van der Waals surface area contributed by atoms with Gasteiger partial charge in [0.1, 0.15) is 5.75 Å². The summed E-state index contributed by atoms with van der Waals surface area (Å²) < 4.78 is 28.2. The smallest absolute Gasteiger partial charge is 0.203 e. The van der Waals surface area contributed by atoms with Crippen LogP contribution in [0.25, 0.3) is 21.9 Å².